The molecule has 13 heavy (non-hydrogen) atoms. The van der Waals surface area contributed by atoms with Crippen LogP contribution in [0.4, 0.5) is 0 Å². The van der Waals surface area contributed by atoms with Crippen molar-refractivity contribution in [3.05, 3.63) is 0 Å². The van der Waals surface area contributed by atoms with Crippen molar-refractivity contribution in [1.82, 2.24) is 15.1 Å². The Hall–Kier alpha value is -0.120. The Morgan fingerprint density at radius 2 is 2.15 bits per heavy atom. The summed E-state index contributed by atoms with van der Waals surface area (Å²) in [7, 11) is 4.33. The maximum Gasteiger partial charge on any atom is 0.0351 e. The van der Waals surface area contributed by atoms with Gasteiger partial charge in [-0.05, 0) is 26.9 Å². The smallest absolute Gasteiger partial charge is 0.0351 e. The monoisotopic (exact) mass is 183 g/mol. The van der Waals surface area contributed by atoms with Crippen molar-refractivity contribution < 1.29 is 0 Å². The van der Waals surface area contributed by atoms with Crippen molar-refractivity contribution in [1.29, 1.82) is 0 Å². The summed E-state index contributed by atoms with van der Waals surface area (Å²) in [4.78, 5) is 5.00. The van der Waals surface area contributed by atoms with E-state index in [1.54, 1.807) is 0 Å². The van der Waals surface area contributed by atoms with Crippen LogP contribution in [0.25, 0.3) is 0 Å². The van der Waals surface area contributed by atoms with Crippen LogP contribution < -0.4 is 5.32 Å². The molecule has 0 amide bonds. The largest absolute Gasteiger partial charge is 0.314 e. The molecular formula is C10H21N3. The zero-order valence-corrected chi connectivity index (χ0v) is 8.79. The zero-order valence-electron chi connectivity index (χ0n) is 8.79. The van der Waals surface area contributed by atoms with Gasteiger partial charge in [0.1, 0.15) is 0 Å². The summed E-state index contributed by atoms with van der Waals surface area (Å²) in [6.07, 6.45) is 2.87. The zero-order chi connectivity index (χ0) is 9.26. The molecule has 3 heteroatoms. The molecule has 76 valence electrons. The Bertz CT molecular complexity index is 166. The predicted molar refractivity (Wildman–Crippen MR) is 54.9 cm³/mol. The molecule has 3 nitrogen and oxygen atoms in total. The second-order valence-corrected chi connectivity index (χ2v) is 4.59. The molecule has 0 bridgehead atoms. The maximum absolute atomic E-state index is 3.48. The first kappa shape index (κ1) is 9.44. The summed E-state index contributed by atoms with van der Waals surface area (Å²) < 4.78 is 0. The standard InChI is InChI=1S/C10H21N3/c1-12(2)8-10-7-11-5-6-13(10)9-3-4-9/h9-11H,3-8H2,1-2H3. The molecule has 0 aromatic carbocycles. The lowest BCUT2D eigenvalue weighted by molar-refractivity contribution is 0.125. The number of rotatable bonds is 3. The van der Waals surface area contributed by atoms with Gasteiger partial charge in [0.05, 0.1) is 0 Å². The van der Waals surface area contributed by atoms with Crippen LogP contribution in [0.3, 0.4) is 0 Å². The fourth-order valence-corrected chi connectivity index (χ4v) is 2.25. The van der Waals surface area contributed by atoms with E-state index in [2.05, 4.69) is 29.2 Å². The SMILES string of the molecule is CN(C)CC1CNCCN1C1CC1. The Morgan fingerprint density at radius 1 is 1.38 bits per heavy atom. The third kappa shape index (κ3) is 2.42. The summed E-state index contributed by atoms with van der Waals surface area (Å²) >= 11 is 0. The molecule has 2 aliphatic rings. The lowest BCUT2D eigenvalue weighted by Crippen LogP contribution is -2.55. The van der Waals surface area contributed by atoms with Gasteiger partial charge in [-0.15, -0.1) is 0 Å². The van der Waals surface area contributed by atoms with E-state index in [9.17, 15) is 0 Å². The molecule has 0 spiro atoms. The van der Waals surface area contributed by atoms with E-state index in [0.29, 0.717) is 0 Å². The van der Waals surface area contributed by atoms with Gasteiger partial charge in [-0.3, -0.25) is 4.90 Å². The van der Waals surface area contributed by atoms with Crippen LogP contribution >= 0.6 is 0 Å². The summed E-state index contributed by atoms with van der Waals surface area (Å²) in [5.74, 6) is 0. The minimum Gasteiger partial charge on any atom is -0.314 e. The van der Waals surface area contributed by atoms with Gasteiger partial charge in [0.25, 0.3) is 0 Å². The molecule has 2 rings (SSSR count). The average molecular weight is 183 g/mol. The minimum absolute atomic E-state index is 0.747. The van der Waals surface area contributed by atoms with Crippen LogP contribution in [-0.4, -0.2) is 62.2 Å². The predicted octanol–water partition coefficient (Wildman–Crippen LogP) is -0.0158. The molecular weight excluding hydrogens is 162 g/mol. The number of nitrogens with one attached hydrogen (secondary N) is 1. The van der Waals surface area contributed by atoms with Crippen molar-refractivity contribution in [2.75, 3.05) is 40.3 Å². The normalized spacial score (nSPS) is 31.2. The molecule has 1 unspecified atom stereocenters. The van der Waals surface area contributed by atoms with Gasteiger partial charge in [-0.25, -0.2) is 0 Å². The van der Waals surface area contributed by atoms with Crippen LogP contribution in [0.2, 0.25) is 0 Å². The third-order valence-corrected chi connectivity index (χ3v) is 2.99. The molecule has 1 saturated carbocycles. The highest BCUT2D eigenvalue weighted by Gasteiger charge is 2.35. The number of hydrogen-bond acceptors (Lipinski definition) is 3. The first-order valence-corrected chi connectivity index (χ1v) is 5.38. The van der Waals surface area contributed by atoms with E-state index in [4.69, 9.17) is 0 Å². The minimum atomic E-state index is 0.747. The lowest BCUT2D eigenvalue weighted by Gasteiger charge is -2.37. The molecule has 1 N–H and O–H groups in total. The Morgan fingerprint density at radius 3 is 2.77 bits per heavy atom. The van der Waals surface area contributed by atoms with Crippen LogP contribution in [0.1, 0.15) is 12.8 Å². The maximum atomic E-state index is 3.48. The van der Waals surface area contributed by atoms with E-state index < -0.39 is 0 Å². The highest BCUT2D eigenvalue weighted by atomic mass is 15.3. The van der Waals surface area contributed by atoms with Crippen molar-refractivity contribution in [3.63, 3.8) is 0 Å². The first-order valence-electron chi connectivity index (χ1n) is 5.38. The second kappa shape index (κ2) is 3.95. The summed E-state index contributed by atoms with van der Waals surface area (Å²) in [6.45, 7) is 4.81. The van der Waals surface area contributed by atoms with Gasteiger partial charge in [0, 0.05) is 38.3 Å². The fraction of sp³-hybridized carbons (Fsp3) is 1.00. The molecule has 1 aliphatic heterocycles. The van der Waals surface area contributed by atoms with Crippen LogP contribution in [0.15, 0.2) is 0 Å². The van der Waals surface area contributed by atoms with Crippen molar-refractivity contribution in [3.8, 4) is 0 Å². The van der Waals surface area contributed by atoms with Gasteiger partial charge in [-0.2, -0.15) is 0 Å². The second-order valence-electron chi connectivity index (χ2n) is 4.59. The van der Waals surface area contributed by atoms with E-state index in [1.165, 1.54) is 39.0 Å². The topological polar surface area (TPSA) is 18.5 Å². The Labute approximate surface area is 81.1 Å². The average Bonchev–Trinajstić information content (AvgIpc) is 2.87. The molecule has 0 aromatic rings. The first-order chi connectivity index (χ1) is 6.27. The number of piperazine rings is 1. The van der Waals surface area contributed by atoms with E-state index >= 15 is 0 Å². The Balaban J connectivity index is 1.88. The summed E-state index contributed by atoms with van der Waals surface area (Å²) in [5, 5.41) is 3.48. The van der Waals surface area contributed by atoms with Crippen molar-refractivity contribution >= 4 is 0 Å². The molecule has 0 radical (unpaired) electrons. The molecule has 1 heterocycles. The number of likely N-dealkylation sites (N-methyl/N-ethyl adjacent to an activating group) is 1. The summed E-state index contributed by atoms with van der Waals surface area (Å²) in [6, 6.07) is 1.67. The highest BCUT2D eigenvalue weighted by Crippen LogP contribution is 2.29. The quantitative estimate of drug-likeness (QED) is 0.663. The van der Waals surface area contributed by atoms with E-state index in [-0.39, 0.29) is 0 Å². The van der Waals surface area contributed by atoms with Gasteiger partial charge in [0.2, 0.25) is 0 Å². The molecule has 1 atom stereocenters. The van der Waals surface area contributed by atoms with Crippen molar-refractivity contribution in [2.45, 2.75) is 24.9 Å². The highest BCUT2D eigenvalue weighted by molar-refractivity contribution is 4.92. The molecule has 1 saturated heterocycles. The fourth-order valence-electron chi connectivity index (χ4n) is 2.25. The molecule has 2 fully saturated rings. The van der Waals surface area contributed by atoms with E-state index in [0.717, 1.165) is 12.1 Å². The molecule has 0 aromatic heterocycles. The van der Waals surface area contributed by atoms with Gasteiger partial charge < -0.3 is 10.2 Å². The van der Waals surface area contributed by atoms with Crippen molar-refractivity contribution in [2.24, 2.45) is 0 Å². The van der Waals surface area contributed by atoms with E-state index in [1.807, 2.05) is 0 Å². The lowest BCUT2D eigenvalue weighted by atomic mass is 10.2. The van der Waals surface area contributed by atoms with Crippen LogP contribution in [0, 0.1) is 0 Å². The number of hydrogen-bond donors (Lipinski definition) is 1. The summed E-state index contributed by atoms with van der Waals surface area (Å²) in [5.41, 5.74) is 0. The van der Waals surface area contributed by atoms with Gasteiger partial charge in [-0.1, -0.05) is 0 Å². The molecule has 1 aliphatic carbocycles. The van der Waals surface area contributed by atoms with Gasteiger partial charge in [0.15, 0.2) is 0 Å². The van der Waals surface area contributed by atoms with Crippen LogP contribution in [0.5, 0.6) is 0 Å². The third-order valence-electron chi connectivity index (χ3n) is 2.99. The van der Waals surface area contributed by atoms with Crippen LogP contribution in [-0.2, 0) is 0 Å². The number of nitrogens with zero attached hydrogens (tertiary/aromatic N) is 2. The van der Waals surface area contributed by atoms with Gasteiger partial charge >= 0.3 is 0 Å². The Kier molecular flexibility index (Phi) is 2.86.